The van der Waals surface area contributed by atoms with Gasteiger partial charge in [0.15, 0.2) is 0 Å². The van der Waals surface area contributed by atoms with Crippen molar-refractivity contribution in [1.29, 1.82) is 0 Å². The maximum atomic E-state index is 11.7. The van der Waals surface area contributed by atoms with Gasteiger partial charge in [-0.1, -0.05) is 6.07 Å². The number of aromatic carboxylic acids is 1. The average molecular weight is 265 g/mol. The maximum absolute atomic E-state index is 11.7. The molecule has 6 heteroatoms. The minimum Gasteiger partial charge on any atom is -0.478 e. The van der Waals surface area contributed by atoms with Crippen molar-refractivity contribution in [3.63, 3.8) is 0 Å². The number of nitrogens with zero attached hydrogens (tertiary/aromatic N) is 1. The van der Waals surface area contributed by atoms with Crippen LogP contribution in [0.1, 0.15) is 24.2 Å². The number of carboxylic acids is 1. The number of nitrogens with two attached hydrogens (primary N) is 1. The molecule has 0 bridgehead atoms. The summed E-state index contributed by atoms with van der Waals surface area (Å²) in [7, 11) is 1.64. The molecular formula is C13H19N3O3. The quantitative estimate of drug-likeness (QED) is 0.688. The Morgan fingerprint density at radius 3 is 2.58 bits per heavy atom. The topological polar surface area (TPSA) is 95.7 Å². The first-order valence-electron chi connectivity index (χ1n) is 5.95. The molecule has 0 saturated heterocycles. The van der Waals surface area contributed by atoms with E-state index in [-0.39, 0.29) is 24.1 Å². The molecule has 0 aliphatic rings. The largest absolute Gasteiger partial charge is 0.478 e. The van der Waals surface area contributed by atoms with Crippen LogP contribution in [0.25, 0.3) is 0 Å². The van der Waals surface area contributed by atoms with E-state index in [1.165, 1.54) is 11.0 Å². The number of para-hydroxylation sites is 1. The van der Waals surface area contributed by atoms with E-state index in [0.29, 0.717) is 11.4 Å². The molecule has 0 spiro atoms. The highest BCUT2D eigenvalue weighted by Crippen LogP contribution is 2.26. The number of carbonyl (C=O) groups excluding carboxylic acids is 1. The molecular weight excluding hydrogens is 246 g/mol. The summed E-state index contributed by atoms with van der Waals surface area (Å²) in [6, 6.07) is 4.68. The lowest BCUT2D eigenvalue weighted by atomic mass is 10.1. The summed E-state index contributed by atoms with van der Waals surface area (Å²) in [5, 5.41) is 11.9. The van der Waals surface area contributed by atoms with Crippen LogP contribution in [0.3, 0.4) is 0 Å². The summed E-state index contributed by atoms with van der Waals surface area (Å²) in [6.07, 6.45) is 0. The Labute approximate surface area is 112 Å². The van der Waals surface area contributed by atoms with E-state index in [2.05, 4.69) is 5.32 Å². The number of hydrogen-bond donors (Lipinski definition) is 3. The third-order valence-corrected chi connectivity index (χ3v) is 2.51. The molecule has 19 heavy (non-hydrogen) atoms. The zero-order valence-electron chi connectivity index (χ0n) is 11.3. The highest BCUT2D eigenvalue weighted by Gasteiger charge is 2.18. The van der Waals surface area contributed by atoms with Gasteiger partial charge in [0.2, 0.25) is 5.91 Å². The second-order valence-electron chi connectivity index (χ2n) is 4.63. The monoisotopic (exact) mass is 265 g/mol. The number of nitrogens with one attached hydrogen (secondary N) is 1. The SMILES string of the molecule is CC(C)NC(=O)CN(C)c1c(N)cccc1C(=O)O. The molecule has 0 aromatic heterocycles. The van der Waals surface area contributed by atoms with E-state index < -0.39 is 5.97 Å². The predicted octanol–water partition coefficient (Wildman–Crippen LogP) is 0.928. The van der Waals surface area contributed by atoms with Gasteiger partial charge < -0.3 is 21.1 Å². The van der Waals surface area contributed by atoms with Crippen molar-refractivity contribution in [3.8, 4) is 0 Å². The van der Waals surface area contributed by atoms with Crippen LogP contribution in [0.2, 0.25) is 0 Å². The van der Waals surface area contributed by atoms with Crippen LogP contribution < -0.4 is 16.0 Å². The van der Waals surface area contributed by atoms with Crippen molar-refractivity contribution < 1.29 is 14.7 Å². The molecule has 0 saturated carbocycles. The highest BCUT2D eigenvalue weighted by atomic mass is 16.4. The van der Waals surface area contributed by atoms with Gasteiger partial charge in [-0.2, -0.15) is 0 Å². The number of nitrogen functional groups attached to an aromatic ring is 1. The van der Waals surface area contributed by atoms with Crippen LogP contribution in [0, 0.1) is 0 Å². The van der Waals surface area contributed by atoms with E-state index in [1.54, 1.807) is 19.2 Å². The van der Waals surface area contributed by atoms with E-state index >= 15 is 0 Å². The lowest BCUT2D eigenvalue weighted by Gasteiger charge is -2.23. The van der Waals surface area contributed by atoms with Crippen LogP contribution in [0.5, 0.6) is 0 Å². The molecule has 1 rings (SSSR count). The summed E-state index contributed by atoms with van der Waals surface area (Å²) in [4.78, 5) is 24.4. The first-order valence-corrected chi connectivity index (χ1v) is 5.95. The Hall–Kier alpha value is -2.24. The molecule has 104 valence electrons. The molecule has 0 radical (unpaired) electrons. The number of carbonyl (C=O) groups is 2. The van der Waals surface area contributed by atoms with Crippen LogP contribution in [0.15, 0.2) is 18.2 Å². The number of rotatable bonds is 5. The van der Waals surface area contributed by atoms with Crippen molar-refractivity contribution in [2.75, 3.05) is 24.2 Å². The molecule has 0 atom stereocenters. The number of anilines is 2. The fraction of sp³-hybridized carbons (Fsp3) is 0.385. The zero-order chi connectivity index (χ0) is 14.6. The van der Waals surface area contributed by atoms with Crippen molar-refractivity contribution in [1.82, 2.24) is 5.32 Å². The number of hydrogen-bond acceptors (Lipinski definition) is 4. The molecule has 4 N–H and O–H groups in total. The van der Waals surface area contributed by atoms with Crippen LogP contribution in [-0.2, 0) is 4.79 Å². The summed E-state index contributed by atoms with van der Waals surface area (Å²) in [5.41, 5.74) is 6.57. The number of amides is 1. The Bertz CT molecular complexity index is 486. The van der Waals surface area contributed by atoms with Gasteiger partial charge in [0.25, 0.3) is 0 Å². The first kappa shape index (κ1) is 14.8. The van der Waals surface area contributed by atoms with E-state index in [9.17, 15) is 9.59 Å². The molecule has 0 aliphatic carbocycles. The minimum atomic E-state index is -1.07. The van der Waals surface area contributed by atoms with Gasteiger partial charge in [0.1, 0.15) is 0 Å². The molecule has 1 aromatic rings. The lowest BCUT2D eigenvalue weighted by molar-refractivity contribution is -0.120. The third-order valence-electron chi connectivity index (χ3n) is 2.51. The normalized spacial score (nSPS) is 10.3. The summed E-state index contributed by atoms with van der Waals surface area (Å²) in [6.45, 7) is 3.77. The van der Waals surface area contributed by atoms with Gasteiger partial charge in [-0.15, -0.1) is 0 Å². The number of carboxylic acid groups (broad SMARTS) is 1. The van der Waals surface area contributed by atoms with Crippen LogP contribution in [-0.4, -0.2) is 36.6 Å². The van der Waals surface area contributed by atoms with E-state index in [4.69, 9.17) is 10.8 Å². The molecule has 0 unspecified atom stereocenters. The molecule has 0 heterocycles. The van der Waals surface area contributed by atoms with Crippen molar-refractivity contribution in [2.24, 2.45) is 0 Å². The molecule has 1 aromatic carbocycles. The standard InChI is InChI=1S/C13H19N3O3/c1-8(2)15-11(17)7-16(3)12-9(13(18)19)5-4-6-10(12)14/h4-6,8H,7,14H2,1-3H3,(H,15,17)(H,18,19). The van der Waals surface area contributed by atoms with Gasteiger partial charge in [-0.05, 0) is 26.0 Å². The summed E-state index contributed by atoms with van der Waals surface area (Å²) < 4.78 is 0. The highest BCUT2D eigenvalue weighted by molar-refractivity contribution is 5.98. The second kappa shape index (κ2) is 6.08. The minimum absolute atomic E-state index is 0.0352. The van der Waals surface area contributed by atoms with E-state index in [1.807, 2.05) is 13.8 Å². The summed E-state index contributed by atoms with van der Waals surface area (Å²) >= 11 is 0. The Kier molecular flexibility index (Phi) is 4.74. The zero-order valence-corrected chi connectivity index (χ0v) is 11.3. The molecule has 1 amide bonds. The van der Waals surface area contributed by atoms with Crippen LogP contribution >= 0.6 is 0 Å². The maximum Gasteiger partial charge on any atom is 0.337 e. The first-order chi connectivity index (χ1) is 8.82. The van der Waals surface area contributed by atoms with Crippen molar-refractivity contribution in [3.05, 3.63) is 23.8 Å². The smallest absolute Gasteiger partial charge is 0.337 e. The number of likely N-dealkylation sites (N-methyl/N-ethyl adjacent to an activating group) is 1. The fourth-order valence-electron chi connectivity index (χ4n) is 1.82. The van der Waals surface area contributed by atoms with Crippen molar-refractivity contribution in [2.45, 2.75) is 19.9 Å². The van der Waals surface area contributed by atoms with E-state index in [0.717, 1.165) is 0 Å². The Balaban J connectivity index is 2.96. The Morgan fingerprint density at radius 1 is 1.42 bits per heavy atom. The molecule has 0 aliphatic heterocycles. The predicted molar refractivity (Wildman–Crippen MR) is 74.4 cm³/mol. The summed E-state index contributed by atoms with van der Waals surface area (Å²) in [5.74, 6) is -1.25. The lowest BCUT2D eigenvalue weighted by Crippen LogP contribution is -2.39. The average Bonchev–Trinajstić information content (AvgIpc) is 2.26. The van der Waals surface area contributed by atoms with Crippen molar-refractivity contribution >= 4 is 23.3 Å². The number of benzene rings is 1. The third kappa shape index (κ3) is 3.87. The van der Waals surface area contributed by atoms with Gasteiger partial charge >= 0.3 is 5.97 Å². The van der Waals surface area contributed by atoms with Crippen LogP contribution in [0.4, 0.5) is 11.4 Å². The van der Waals surface area contributed by atoms with Gasteiger partial charge in [-0.3, -0.25) is 4.79 Å². The van der Waals surface area contributed by atoms with Gasteiger partial charge in [0.05, 0.1) is 23.5 Å². The van der Waals surface area contributed by atoms with Gasteiger partial charge in [-0.25, -0.2) is 4.79 Å². The molecule has 0 fully saturated rings. The Morgan fingerprint density at radius 2 is 2.05 bits per heavy atom. The fourth-order valence-corrected chi connectivity index (χ4v) is 1.82. The molecule has 6 nitrogen and oxygen atoms in total. The second-order valence-corrected chi connectivity index (χ2v) is 4.63. The van der Waals surface area contributed by atoms with Gasteiger partial charge in [0, 0.05) is 13.1 Å².